The summed E-state index contributed by atoms with van der Waals surface area (Å²) in [6, 6.07) is 5.77. The number of rotatable bonds is 2. The number of aryl methyl sites for hydroxylation is 2. The fourth-order valence-electron chi connectivity index (χ4n) is 5.31. The summed E-state index contributed by atoms with van der Waals surface area (Å²) in [5.41, 5.74) is 2.87. The maximum absolute atomic E-state index is 13.3. The average molecular weight is 400 g/mol. The van der Waals surface area contributed by atoms with Crippen LogP contribution in [0.3, 0.4) is 0 Å². The lowest BCUT2D eigenvalue weighted by molar-refractivity contribution is 0.161. The Labute approximate surface area is 172 Å². The minimum Gasteiger partial charge on any atom is -0.356 e. The van der Waals surface area contributed by atoms with Crippen LogP contribution in [0.4, 0.5) is 5.82 Å². The van der Waals surface area contributed by atoms with Gasteiger partial charge in [0.15, 0.2) is 0 Å². The monoisotopic (exact) mass is 399 g/mol. The van der Waals surface area contributed by atoms with E-state index in [1.54, 1.807) is 4.57 Å². The van der Waals surface area contributed by atoms with E-state index in [1.165, 1.54) is 32.1 Å². The van der Waals surface area contributed by atoms with Crippen LogP contribution in [-0.4, -0.2) is 22.6 Å². The van der Waals surface area contributed by atoms with E-state index in [9.17, 15) is 4.79 Å². The van der Waals surface area contributed by atoms with Gasteiger partial charge in [-0.1, -0.05) is 43.5 Å². The molecule has 0 radical (unpaired) electrons. The number of halogens is 1. The third kappa shape index (κ3) is 3.06. The van der Waals surface area contributed by atoms with Crippen LogP contribution >= 0.6 is 11.6 Å². The Balaban J connectivity index is 1.68. The van der Waals surface area contributed by atoms with E-state index in [0.717, 1.165) is 30.4 Å². The summed E-state index contributed by atoms with van der Waals surface area (Å²) in [6.45, 7) is 10.1. The fourth-order valence-corrected chi connectivity index (χ4v) is 5.52. The van der Waals surface area contributed by atoms with Crippen LogP contribution < -0.4 is 10.5 Å². The molecule has 2 fully saturated rings. The topological polar surface area (TPSA) is 38.1 Å². The van der Waals surface area contributed by atoms with Gasteiger partial charge in [0.2, 0.25) is 0 Å². The summed E-state index contributed by atoms with van der Waals surface area (Å²) in [5, 5.41) is 0.608. The van der Waals surface area contributed by atoms with E-state index in [4.69, 9.17) is 16.6 Å². The highest BCUT2D eigenvalue weighted by atomic mass is 35.5. The number of piperidine rings is 1. The second-order valence-corrected chi connectivity index (χ2v) is 9.18. The zero-order valence-corrected chi connectivity index (χ0v) is 18.1. The molecule has 0 amide bonds. The normalized spacial score (nSPS) is 21.5. The molecule has 1 atom stereocenters. The number of nitrogens with zero attached hydrogens (tertiary/aromatic N) is 3. The number of hydrogen-bond acceptors (Lipinski definition) is 3. The van der Waals surface area contributed by atoms with Gasteiger partial charge in [0.05, 0.1) is 16.3 Å². The molecular formula is C23H30ClN3O. The molecule has 1 aromatic heterocycles. The quantitative estimate of drug-likeness (QED) is 0.695. The fraction of sp³-hybridized carbons (Fsp3) is 0.565. The molecule has 1 aliphatic carbocycles. The van der Waals surface area contributed by atoms with Gasteiger partial charge in [-0.15, -0.1) is 0 Å². The van der Waals surface area contributed by atoms with Crippen LogP contribution in [0, 0.1) is 32.1 Å². The molecule has 1 aromatic carbocycles. The van der Waals surface area contributed by atoms with Crippen molar-refractivity contribution in [1.29, 1.82) is 0 Å². The van der Waals surface area contributed by atoms with E-state index in [-0.39, 0.29) is 5.56 Å². The minimum atomic E-state index is -0.0236. The Hall–Kier alpha value is -1.81. The molecule has 1 saturated carbocycles. The lowest BCUT2D eigenvalue weighted by atomic mass is 9.71. The molecule has 2 aliphatic rings. The summed E-state index contributed by atoms with van der Waals surface area (Å²) in [7, 11) is 0. The smallest absolute Gasteiger partial charge is 0.263 e. The molecule has 0 bridgehead atoms. The van der Waals surface area contributed by atoms with Gasteiger partial charge in [-0.05, 0) is 63.0 Å². The summed E-state index contributed by atoms with van der Waals surface area (Å²) in [5.74, 6) is 2.36. The van der Waals surface area contributed by atoms with Crippen LogP contribution in [-0.2, 0) is 0 Å². The first kappa shape index (κ1) is 19.5. The van der Waals surface area contributed by atoms with Crippen molar-refractivity contribution in [1.82, 2.24) is 9.55 Å². The first-order valence-electron chi connectivity index (χ1n) is 10.4. The molecule has 4 rings (SSSR count). The van der Waals surface area contributed by atoms with E-state index >= 15 is 0 Å². The summed E-state index contributed by atoms with van der Waals surface area (Å²) < 4.78 is 1.65. The molecular weight excluding hydrogens is 370 g/mol. The first-order valence-corrected chi connectivity index (χ1v) is 10.8. The molecule has 0 unspecified atom stereocenters. The van der Waals surface area contributed by atoms with Crippen molar-refractivity contribution in [2.45, 2.75) is 59.8 Å². The zero-order valence-electron chi connectivity index (χ0n) is 17.4. The molecule has 2 heterocycles. The van der Waals surface area contributed by atoms with E-state index in [0.29, 0.717) is 27.5 Å². The van der Waals surface area contributed by atoms with Crippen molar-refractivity contribution in [3.8, 4) is 5.69 Å². The standard InChI is InChI=1S/C23H30ClN3O/c1-15-7-5-9-19(20(15)24)27-18(4)25-21(17(3)22(27)28)26-13-11-23(12-14-26)10-6-8-16(23)2/h5,7,9,16H,6,8,10-14H2,1-4H3/t16-/m1/s1. The summed E-state index contributed by atoms with van der Waals surface area (Å²) >= 11 is 6.50. The van der Waals surface area contributed by atoms with Gasteiger partial charge in [0.25, 0.3) is 5.56 Å². The van der Waals surface area contributed by atoms with Gasteiger partial charge in [-0.25, -0.2) is 4.98 Å². The Bertz CT molecular complexity index is 957. The molecule has 1 saturated heterocycles. The molecule has 150 valence electrons. The lowest BCUT2D eigenvalue weighted by Gasteiger charge is -2.43. The highest BCUT2D eigenvalue weighted by Gasteiger charge is 2.42. The summed E-state index contributed by atoms with van der Waals surface area (Å²) in [6.07, 6.45) is 6.51. The largest absolute Gasteiger partial charge is 0.356 e. The van der Waals surface area contributed by atoms with Crippen LogP contribution in [0.2, 0.25) is 5.02 Å². The predicted octanol–water partition coefficient (Wildman–Crippen LogP) is 5.22. The predicted molar refractivity (Wildman–Crippen MR) is 116 cm³/mol. The molecule has 1 spiro atoms. The number of benzene rings is 1. The minimum absolute atomic E-state index is 0.0236. The number of hydrogen-bond donors (Lipinski definition) is 0. The van der Waals surface area contributed by atoms with Crippen molar-refractivity contribution in [3.05, 3.63) is 50.5 Å². The van der Waals surface area contributed by atoms with E-state index in [2.05, 4.69) is 11.8 Å². The zero-order chi connectivity index (χ0) is 20.1. The second-order valence-electron chi connectivity index (χ2n) is 8.80. The average Bonchev–Trinajstić information content (AvgIpc) is 3.02. The van der Waals surface area contributed by atoms with Crippen molar-refractivity contribution < 1.29 is 0 Å². The molecule has 4 nitrogen and oxygen atoms in total. The van der Waals surface area contributed by atoms with Crippen LogP contribution in [0.1, 0.15) is 56.0 Å². The van der Waals surface area contributed by atoms with Crippen LogP contribution in [0.15, 0.2) is 23.0 Å². The van der Waals surface area contributed by atoms with Gasteiger partial charge in [0.1, 0.15) is 11.6 Å². The Morgan fingerprint density at radius 3 is 2.50 bits per heavy atom. The van der Waals surface area contributed by atoms with Crippen molar-refractivity contribution >= 4 is 17.4 Å². The SMILES string of the molecule is Cc1cccc(-n2c(C)nc(N3CCC4(CCC[C@H]4C)CC3)c(C)c2=O)c1Cl. The summed E-state index contributed by atoms with van der Waals surface area (Å²) in [4.78, 5) is 20.4. The maximum atomic E-state index is 13.3. The van der Waals surface area contributed by atoms with Gasteiger partial charge >= 0.3 is 0 Å². The number of aromatic nitrogens is 2. The van der Waals surface area contributed by atoms with Crippen LogP contribution in [0.5, 0.6) is 0 Å². The van der Waals surface area contributed by atoms with Gasteiger partial charge in [-0.2, -0.15) is 0 Å². The van der Waals surface area contributed by atoms with Crippen molar-refractivity contribution in [3.63, 3.8) is 0 Å². The molecule has 5 heteroatoms. The van der Waals surface area contributed by atoms with Gasteiger partial charge < -0.3 is 4.90 Å². The Kier molecular flexibility index (Phi) is 5.03. The Morgan fingerprint density at radius 2 is 1.86 bits per heavy atom. The van der Waals surface area contributed by atoms with E-state index in [1.807, 2.05) is 39.0 Å². The van der Waals surface area contributed by atoms with Crippen molar-refractivity contribution in [2.75, 3.05) is 18.0 Å². The van der Waals surface area contributed by atoms with E-state index < -0.39 is 0 Å². The molecule has 1 aliphatic heterocycles. The number of anilines is 1. The van der Waals surface area contributed by atoms with Gasteiger partial charge in [0, 0.05) is 13.1 Å². The van der Waals surface area contributed by atoms with Crippen LogP contribution in [0.25, 0.3) is 5.69 Å². The Morgan fingerprint density at radius 1 is 1.14 bits per heavy atom. The highest BCUT2D eigenvalue weighted by Crippen LogP contribution is 2.50. The third-order valence-corrected chi connectivity index (χ3v) is 7.77. The third-order valence-electron chi connectivity index (χ3n) is 7.28. The first-order chi connectivity index (χ1) is 13.3. The highest BCUT2D eigenvalue weighted by molar-refractivity contribution is 6.33. The lowest BCUT2D eigenvalue weighted by Crippen LogP contribution is -2.43. The second kappa shape index (κ2) is 7.22. The molecule has 0 N–H and O–H groups in total. The molecule has 28 heavy (non-hydrogen) atoms. The van der Waals surface area contributed by atoms with Gasteiger partial charge in [-0.3, -0.25) is 9.36 Å². The maximum Gasteiger partial charge on any atom is 0.263 e. The van der Waals surface area contributed by atoms with Crippen molar-refractivity contribution in [2.24, 2.45) is 11.3 Å². The molecule has 2 aromatic rings.